The maximum absolute atomic E-state index is 9.55. The SMILES string of the molecule is CC(C)C(C)(C)C(C)(C)c1cc2cc(O)ccc2o1. The van der Waals surface area contributed by atoms with Crippen molar-refractivity contribution in [2.45, 2.75) is 47.0 Å². The predicted molar refractivity (Wildman–Crippen MR) is 79.5 cm³/mol. The van der Waals surface area contributed by atoms with Crippen LogP contribution < -0.4 is 0 Å². The summed E-state index contributed by atoms with van der Waals surface area (Å²) in [5.74, 6) is 1.80. The van der Waals surface area contributed by atoms with Crippen molar-refractivity contribution in [3.8, 4) is 5.75 Å². The zero-order valence-corrected chi connectivity index (χ0v) is 12.7. The molecule has 0 aliphatic rings. The quantitative estimate of drug-likeness (QED) is 0.833. The van der Waals surface area contributed by atoms with E-state index >= 15 is 0 Å². The van der Waals surface area contributed by atoms with Gasteiger partial charge in [0.1, 0.15) is 17.1 Å². The molecule has 2 heteroatoms. The van der Waals surface area contributed by atoms with Crippen LogP contribution in [0.15, 0.2) is 28.7 Å². The first kappa shape index (κ1) is 14.0. The van der Waals surface area contributed by atoms with Gasteiger partial charge in [-0.3, -0.25) is 0 Å². The molecule has 2 aromatic rings. The number of aromatic hydroxyl groups is 1. The molecule has 0 saturated carbocycles. The molecule has 0 aliphatic carbocycles. The Morgan fingerprint density at radius 2 is 1.68 bits per heavy atom. The minimum absolute atomic E-state index is 0.0736. The van der Waals surface area contributed by atoms with Crippen LogP contribution in [0, 0.1) is 11.3 Å². The van der Waals surface area contributed by atoms with Crippen molar-refractivity contribution in [2.75, 3.05) is 0 Å². The molecule has 0 spiro atoms. The first-order chi connectivity index (χ1) is 8.66. The minimum Gasteiger partial charge on any atom is -0.508 e. The number of benzene rings is 1. The molecule has 1 heterocycles. The number of fused-ring (bicyclic) bond motifs is 1. The molecule has 1 aromatic carbocycles. The van der Waals surface area contributed by atoms with E-state index in [2.05, 4.69) is 47.6 Å². The Hall–Kier alpha value is -1.44. The lowest BCUT2D eigenvalue weighted by molar-refractivity contribution is 0.107. The van der Waals surface area contributed by atoms with E-state index in [1.54, 1.807) is 12.1 Å². The van der Waals surface area contributed by atoms with E-state index in [1.165, 1.54) is 0 Å². The Labute approximate surface area is 115 Å². The lowest BCUT2D eigenvalue weighted by atomic mass is 9.61. The highest BCUT2D eigenvalue weighted by atomic mass is 16.3. The number of hydrogen-bond acceptors (Lipinski definition) is 2. The molecule has 0 atom stereocenters. The van der Waals surface area contributed by atoms with Gasteiger partial charge in [-0.1, -0.05) is 41.5 Å². The van der Waals surface area contributed by atoms with Gasteiger partial charge in [0.2, 0.25) is 0 Å². The van der Waals surface area contributed by atoms with Crippen LogP contribution in [0.1, 0.15) is 47.3 Å². The van der Waals surface area contributed by atoms with Crippen LogP contribution in [0.3, 0.4) is 0 Å². The average Bonchev–Trinajstić information content (AvgIpc) is 2.71. The van der Waals surface area contributed by atoms with Gasteiger partial charge in [-0.25, -0.2) is 0 Å². The average molecular weight is 260 g/mol. The molecule has 0 radical (unpaired) electrons. The van der Waals surface area contributed by atoms with Crippen molar-refractivity contribution in [3.63, 3.8) is 0 Å². The molecule has 0 fully saturated rings. The van der Waals surface area contributed by atoms with Gasteiger partial charge in [0.05, 0.1) is 0 Å². The van der Waals surface area contributed by atoms with Gasteiger partial charge in [-0.15, -0.1) is 0 Å². The molecule has 19 heavy (non-hydrogen) atoms. The molecule has 0 saturated heterocycles. The summed E-state index contributed by atoms with van der Waals surface area (Å²) in [4.78, 5) is 0. The molecule has 104 valence electrons. The van der Waals surface area contributed by atoms with Crippen molar-refractivity contribution >= 4 is 11.0 Å². The minimum atomic E-state index is -0.0736. The maximum Gasteiger partial charge on any atom is 0.134 e. The summed E-state index contributed by atoms with van der Waals surface area (Å²) in [6.07, 6.45) is 0. The fourth-order valence-electron chi connectivity index (χ4n) is 2.38. The number of rotatable bonds is 3. The Morgan fingerprint density at radius 3 is 2.26 bits per heavy atom. The molecule has 0 bridgehead atoms. The molecule has 2 nitrogen and oxygen atoms in total. The number of phenolic OH excluding ortho intramolecular Hbond substituents is 1. The van der Waals surface area contributed by atoms with Crippen molar-refractivity contribution in [3.05, 3.63) is 30.0 Å². The standard InChI is InChI=1S/C17H24O2/c1-11(2)16(3,4)17(5,6)15-10-12-9-13(18)7-8-14(12)19-15/h7-11,18H,1-6H3. The van der Waals surface area contributed by atoms with Crippen LogP contribution in [0.5, 0.6) is 5.75 Å². The first-order valence-corrected chi connectivity index (χ1v) is 6.89. The summed E-state index contributed by atoms with van der Waals surface area (Å²) >= 11 is 0. The van der Waals surface area contributed by atoms with Gasteiger partial charge in [0, 0.05) is 10.8 Å². The third-order valence-corrected chi connectivity index (χ3v) is 5.17. The van der Waals surface area contributed by atoms with E-state index in [-0.39, 0.29) is 16.6 Å². The Bertz CT molecular complexity index is 588. The summed E-state index contributed by atoms with van der Waals surface area (Å²) in [7, 11) is 0. The molecule has 2 rings (SSSR count). The monoisotopic (exact) mass is 260 g/mol. The highest BCUT2D eigenvalue weighted by Gasteiger charge is 2.42. The largest absolute Gasteiger partial charge is 0.508 e. The summed E-state index contributed by atoms with van der Waals surface area (Å²) < 4.78 is 6.01. The zero-order valence-electron chi connectivity index (χ0n) is 12.7. The van der Waals surface area contributed by atoms with Crippen LogP contribution in [0.4, 0.5) is 0 Å². The van der Waals surface area contributed by atoms with Crippen LogP contribution in [-0.4, -0.2) is 5.11 Å². The Morgan fingerprint density at radius 1 is 1.05 bits per heavy atom. The second kappa shape index (κ2) is 4.29. The van der Waals surface area contributed by atoms with E-state index in [0.29, 0.717) is 5.92 Å². The Balaban J connectivity index is 2.54. The molecule has 0 unspecified atom stereocenters. The van der Waals surface area contributed by atoms with Crippen LogP contribution >= 0.6 is 0 Å². The number of phenols is 1. The second-order valence-electron chi connectivity index (χ2n) is 6.83. The first-order valence-electron chi connectivity index (χ1n) is 6.89. The lowest BCUT2D eigenvalue weighted by Crippen LogP contribution is -2.40. The maximum atomic E-state index is 9.55. The highest BCUT2D eigenvalue weighted by Crippen LogP contribution is 2.47. The fraction of sp³-hybridized carbons (Fsp3) is 0.529. The smallest absolute Gasteiger partial charge is 0.134 e. The summed E-state index contributed by atoms with van der Waals surface area (Å²) in [6, 6.07) is 7.29. The summed E-state index contributed by atoms with van der Waals surface area (Å²) in [5, 5.41) is 10.5. The van der Waals surface area contributed by atoms with E-state index in [4.69, 9.17) is 4.42 Å². The number of furan rings is 1. The van der Waals surface area contributed by atoms with Crippen molar-refractivity contribution in [1.29, 1.82) is 0 Å². The van der Waals surface area contributed by atoms with E-state index in [1.807, 2.05) is 6.07 Å². The lowest BCUT2D eigenvalue weighted by Gasteiger charge is -2.43. The van der Waals surface area contributed by atoms with Gasteiger partial charge in [-0.05, 0) is 35.6 Å². The van der Waals surface area contributed by atoms with E-state index in [0.717, 1.165) is 16.7 Å². The second-order valence-corrected chi connectivity index (χ2v) is 6.83. The van der Waals surface area contributed by atoms with Gasteiger partial charge in [0.15, 0.2) is 0 Å². The van der Waals surface area contributed by atoms with Gasteiger partial charge in [-0.2, -0.15) is 0 Å². The van der Waals surface area contributed by atoms with Gasteiger partial charge >= 0.3 is 0 Å². The van der Waals surface area contributed by atoms with Crippen LogP contribution in [0.25, 0.3) is 11.0 Å². The highest BCUT2D eigenvalue weighted by molar-refractivity contribution is 5.79. The van der Waals surface area contributed by atoms with Gasteiger partial charge < -0.3 is 9.52 Å². The van der Waals surface area contributed by atoms with Crippen molar-refractivity contribution in [1.82, 2.24) is 0 Å². The molecular weight excluding hydrogens is 236 g/mol. The zero-order chi connectivity index (χ0) is 14.4. The molecular formula is C17H24O2. The third-order valence-electron chi connectivity index (χ3n) is 5.17. The molecule has 0 amide bonds. The predicted octanol–water partition coefficient (Wildman–Crippen LogP) is 5.10. The fourth-order valence-corrected chi connectivity index (χ4v) is 2.38. The van der Waals surface area contributed by atoms with E-state index < -0.39 is 0 Å². The van der Waals surface area contributed by atoms with Crippen LogP contribution in [-0.2, 0) is 5.41 Å². The third kappa shape index (κ3) is 2.13. The summed E-state index contributed by atoms with van der Waals surface area (Å²) in [6.45, 7) is 13.5. The molecule has 0 aliphatic heterocycles. The molecule has 1 aromatic heterocycles. The van der Waals surface area contributed by atoms with Crippen molar-refractivity contribution < 1.29 is 9.52 Å². The topological polar surface area (TPSA) is 33.4 Å². The normalized spacial score (nSPS) is 13.4. The molecule has 1 N–H and O–H groups in total. The van der Waals surface area contributed by atoms with Gasteiger partial charge in [0.25, 0.3) is 0 Å². The Kier molecular flexibility index (Phi) is 3.16. The van der Waals surface area contributed by atoms with Crippen molar-refractivity contribution in [2.24, 2.45) is 11.3 Å². The van der Waals surface area contributed by atoms with E-state index in [9.17, 15) is 5.11 Å². The van der Waals surface area contributed by atoms with Crippen LogP contribution in [0.2, 0.25) is 0 Å². The number of hydrogen-bond donors (Lipinski definition) is 1. The summed E-state index contributed by atoms with van der Waals surface area (Å²) in [5.41, 5.74) is 0.874.